The number of hydrogen-bond donors (Lipinski definition) is 0. The van der Waals surface area contributed by atoms with Crippen LogP contribution in [0.15, 0.2) is 122 Å². The molecule has 0 fully saturated rings. The Morgan fingerprint density at radius 1 is 0.556 bits per heavy atom. The summed E-state index contributed by atoms with van der Waals surface area (Å²) < 4.78 is 0. The van der Waals surface area contributed by atoms with Crippen molar-refractivity contribution in [2.24, 2.45) is 0 Å². The van der Waals surface area contributed by atoms with E-state index < -0.39 is 0 Å². The summed E-state index contributed by atoms with van der Waals surface area (Å²) in [6.45, 7) is 4.81. The number of aryl methyl sites for hydroxylation is 2. The Bertz CT molecular complexity index is 1950. The van der Waals surface area contributed by atoms with E-state index in [2.05, 4.69) is 75.2 Å². The molecule has 4 aromatic heterocycles. The molecule has 0 atom stereocenters. The molecule has 0 saturated heterocycles. The summed E-state index contributed by atoms with van der Waals surface area (Å²) >= 11 is 0. The summed E-state index contributed by atoms with van der Waals surface area (Å²) in [6.07, 6.45) is 7.07. The predicted octanol–water partition coefficient (Wildman–Crippen LogP) is 7.80. The summed E-state index contributed by atoms with van der Waals surface area (Å²) in [5, 5.41) is 0. The number of carbonyl (C=O) groups is 1. The molecule has 7 nitrogen and oxygen atoms in total. The molecule has 0 unspecified atom stereocenters. The van der Waals surface area contributed by atoms with Crippen LogP contribution in [0.3, 0.4) is 0 Å². The van der Waals surface area contributed by atoms with Crippen LogP contribution in [0.25, 0.3) is 33.9 Å². The van der Waals surface area contributed by atoms with Crippen LogP contribution in [0, 0.1) is 13.8 Å². The Kier molecular flexibility index (Phi) is 8.42. The fraction of sp³-hybridized carbons (Fsp3) is 0.132. The second-order valence-corrected chi connectivity index (χ2v) is 11.2. The van der Waals surface area contributed by atoms with Crippen LogP contribution < -0.4 is 9.80 Å². The van der Waals surface area contributed by atoms with Gasteiger partial charge in [0.15, 0.2) is 0 Å². The zero-order valence-electron chi connectivity index (χ0n) is 25.8. The highest BCUT2D eigenvalue weighted by molar-refractivity contribution is 6.06. The minimum absolute atomic E-state index is 0.108. The minimum Gasteiger partial charge on any atom is -0.370 e. The van der Waals surface area contributed by atoms with Gasteiger partial charge >= 0.3 is 0 Å². The van der Waals surface area contributed by atoms with Crippen molar-refractivity contribution in [2.45, 2.75) is 20.4 Å². The molecule has 0 spiro atoms. The molecule has 6 rings (SSSR count). The molecule has 0 bridgehead atoms. The van der Waals surface area contributed by atoms with Gasteiger partial charge in [-0.15, -0.1) is 0 Å². The first-order chi connectivity index (χ1) is 21.8. The van der Waals surface area contributed by atoms with E-state index in [0.29, 0.717) is 11.3 Å². The van der Waals surface area contributed by atoms with Crippen molar-refractivity contribution >= 4 is 17.3 Å². The summed E-state index contributed by atoms with van der Waals surface area (Å²) in [5.41, 5.74) is 11.3. The van der Waals surface area contributed by atoms with Crippen LogP contribution in [0.1, 0.15) is 27.0 Å². The van der Waals surface area contributed by atoms with Crippen molar-refractivity contribution in [2.75, 3.05) is 23.9 Å². The molecule has 6 aromatic rings. The molecule has 7 heteroatoms. The van der Waals surface area contributed by atoms with Gasteiger partial charge in [-0.05, 0) is 114 Å². The highest BCUT2D eigenvalue weighted by Crippen LogP contribution is 2.27. The minimum atomic E-state index is -0.108. The van der Waals surface area contributed by atoms with Gasteiger partial charge in [-0.2, -0.15) is 0 Å². The van der Waals surface area contributed by atoms with Gasteiger partial charge in [0.2, 0.25) is 0 Å². The molecule has 0 aliphatic rings. The highest BCUT2D eigenvalue weighted by atomic mass is 16.2. The molecule has 0 N–H and O–H groups in total. The number of rotatable bonds is 8. The molecule has 0 saturated carbocycles. The quantitative estimate of drug-likeness (QED) is 0.180. The summed E-state index contributed by atoms with van der Waals surface area (Å²) in [4.78, 5) is 35.1. The van der Waals surface area contributed by atoms with Gasteiger partial charge in [0, 0.05) is 62.4 Å². The molecule has 0 radical (unpaired) electrons. The third-order valence-corrected chi connectivity index (χ3v) is 7.81. The fourth-order valence-electron chi connectivity index (χ4n) is 5.23. The van der Waals surface area contributed by atoms with Gasteiger partial charge in [-0.25, -0.2) is 0 Å². The maximum absolute atomic E-state index is 13.4. The number of carbonyl (C=O) groups excluding carboxylic acids is 1. The topological polar surface area (TPSA) is 75.1 Å². The van der Waals surface area contributed by atoms with Crippen LogP contribution >= 0.6 is 0 Å². The smallest absolute Gasteiger partial charge is 0.258 e. The fourth-order valence-corrected chi connectivity index (χ4v) is 5.23. The highest BCUT2D eigenvalue weighted by Gasteiger charge is 2.16. The van der Waals surface area contributed by atoms with Crippen LogP contribution in [0.4, 0.5) is 11.4 Å². The lowest BCUT2D eigenvalue weighted by molar-refractivity contribution is 0.0993. The summed E-state index contributed by atoms with van der Waals surface area (Å²) in [5.74, 6) is -0.108. The maximum Gasteiger partial charge on any atom is 0.258 e. The molecule has 1 amide bonds. The van der Waals surface area contributed by atoms with Crippen LogP contribution in [0.2, 0.25) is 0 Å². The van der Waals surface area contributed by atoms with E-state index in [-0.39, 0.29) is 5.91 Å². The Morgan fingerprint density at radius 3 is 1.58 bits per heavy atom. The van der Waals surface area contributed by atoms with Crippen LogP contribution in [0.5, 0.6) is 0 Å². The van der Waals surface area contributed by atoms with E-state index >= 15 is 0 Å². The Hall–Kier alpha value is -5.69. The first-order valence-corrected chi connectivity index (χ1v) is 14.8. The lowest BCUT2D eigenvalue weighted by Gasteiger charge is -2.20. The first kappa shape index (κ1) is 29.4. The van der Waals surface area contributed by atoms with E-state index in [1.807, 2.05) is 67.8 Å². The van der Waals surface area contributed by atoms with Crippen molar-refractivity contribution in [1.29, 1.82) is 0 Å². The SMILES string of the molecule is Cc1ccnc(-c2cc(CN(C)c3ccc(-c4ccc(N(C)C(=O)c5ccnc(-c6cc(C)ccn6)c5)cc4)cc3)ccn2)c1. The maximum atomic E-state index is 13.4. The van der Waals surface area contributed by atoms with Gasteiger partial charge in [0.1, 0.15) is 0 Å². The normalized spacial score (nSPS) is 10.8. The van der Waals surface area contributed by atoms with E-state index in [4.69, 9.17) is 0 Å². The van der Waals surface area contributed by atoms with Crippen LogP contribution in [-0.4, -0.2) is 39.9 Å². The standard InChI is InChI=1S/C38H34N6O/c1-26-13-17-39-34(21-26)36-23-28(15-19-41-36)25-43(3)32-9-5-29(6-10-32)30-7-11-33(12-8-30)44(4)38(45)31-16-20-42-37(24-31)35-22-27(2)14-18-40-35/h5-24H,25H2,1-4H3. The monoisotopic (exact) mass is 590 g/mol. The molecule has 0 aliphatic heterocycles. The number of hydrogen-bond acceptors (Lipinski definition) is 6. The third-order valence-electron chi connectivity index (χ3n) is 7.81. The number of benzene rings is 2. The number of pyridine rings is 4. The van der Waals surface area contributed by atoms with Crippen molar-refractivity contribution in [3.63, 3.8) is 0 Å². The molecule has 2 aromatic carbocycles. The first-order valence-electron chi connectivity index (χ1n) is 14.8. The second kappa shape index (κ2) is 12.9. The molecule has 0 aliphatic carbocycles. The van der Waals surface area contributed by atoms with Crippen molar-refractivity contribution in [3.05, 3.63) is 144 Å². The van der Waals surface area contributed by atoms with Crippen LogP contribution in [-0.2, 0) is 6.54 Å². The van der Waals surface area contributed by atoms with Crippen molar-refractivity contribution in [1.82, 2.24) is 19.9 Å². The largest absolute Gasteiger partial charge is 0.370 e. The number of amides is 1. The number of anilines is 2. The van der Waals surface area contributed by atoms with Gasteiger partial charge in [-0.3, -0.25) is 24.7 Å². The van der Waals surface area contributed by atoms with Gasteiger partial charge in [0.25, 0.3) is 5.91 Å². The lowest BCUT2D eigenvalue weighted by Crippen LogP contribution is -2.26. The number of nitrogens with zero attached hydrogens (tertiary/aromatic N) is 6. The average Bonchev–Trinajstić information content (AvgIpc) is 3.08. The van der Waals surface area contributed by atoms with Gasteiger partial charge in [-0.1, -0.05) is 24.3 Å². The summed E-state index contributed by atoms with van der Waals surface area (Å²) in [6, 6.07) is 32.2. The van der Waals surface area contributed by atoms with E-state index in [1.165, 1.54) is 5.56 Å². The number of aromatic nitrogens is 4. The van der Waals surface area contributed by atoms with Crippen molar-refractivity contribution in [3.8, 4) is 33.9 Å². The molecule has 45 heavy (non-hydrogen) atoms. The molecular weight excluding hydrogens is 556 g/mol. The van der Waals surface area contributed by atoms with Crippen molar-refractivity contribution < 1.29 is 4.79 Å². The Labute approximate surface area is 263 Å². The summed E-state index contributed by atoms with van der Waals surface area (Å²) in [7, 11) is 3.88. The predicted molar refractivity (Wildman–Crippen MR) is 181 cm³/mol. The lowest BCUT2D eigenvalue weighted by atomic mass is 10.0. The molecule has 4 heterocycles. The average molecular weight is 591 g/mol. The zero-order chi connectivity index (χ0) is 31.3. The third kappa shape index (κ3) is 6.78. The zero-order valence-corrected chi connectivity index (χ0v) is 25.8. The molecule has 222 valence electrons. The van der Waals surface area contributed by atoms with Gasteiger partial charge < -0.3 is 9.80 Å². The second-order valence-electron chi connectivity index (χ2n) is 11.2. The molecular formula is C38H34N6O. The van der Waals surface area contributed by atoms with Gasteiger partial charge in [0.05, 0.1) is 22.8 Å². The van der Waals surface area contributed by atoms with E-state index in [9.17, 15) is 4.79 Å². The Morgan fingerprint density at radius 2 is 1.02 bits per heavy atom. The Balaban J connectivity index is 1.11. The van der Waals surface area contributed by atoms with E-state index in [1.54, 1.807) is 36.5 Å². The van der Waals surface area contributed by atoms with E-state index in [0.717, 1.165) is 57.3 Å².